The minimum absolute atomic E-state index is 0.101. The molecule has 0 saturated carbocycles. The van der Waals surface area contributed by atoms with Gasteiger partial charge in [0, 0.05) is 35.5 Å². The lowest BCUT2D eigenvalue weighted by molar-refractivity contribution is -0.123. The Balaban J connectivity index is 1.99. The molecule has 3 N–H and O–H groups in total. The molecule has 28 heavy (non-hydrogen) atoms. The fourth-order valence-electron chi connectivity index (χ4n) is 2.24. The zero-order valence-corrected chi connectivity index (χ0v) is 16.5. The molecule has 0 aromatic heterocycles. The maximum atomic E-state index is 12.2. The van der Waals surface area contributed by atoms with Gasteiger partial charge in [-0.2, -0.15) is 0 Å². The number of amides is 3. The van der Waals surface area contributed by atoms with Crippen molar-refractivity contribution in [3.05, 3.63) is 65.7 Å². The number of hydrogen-bond donors (Lipinski definition) is 3. The van der Waals surface area contributed by atoms with Crippen LogP contribution in [0.1, 0.15) is 36.7 Å². The quantitative estimate of drug-likeness (QED) is 0.693. The summed E-state index contributed by atoms with van der Waals surface area (Å²) in [5.41, 5.74) is 2.05. The van der Waals surface area contributed by atoms with Crippen molar-refractivity contribution in [2.45, 2.75) is 20.8 Å². The number of carbonyl (C=O) groups is 3. The van der Waals surface area contributed by atoms with E-state index in [9.17, 15) is 14.4 Å². The van der Waals surface area contributed by atoms with E-state index in [0.717, 1.165) is 5.56 Å². The largest absolute Gasteiger partial charge is 0.355 e. The molecule has 0 unspecified atom stereocenters. The molecular weight excluding hydrogens is 354 g/mol. The van der Waals surface area contributed by atoms with E-state index in [0.29, 0.717) is 16.9 Å². The van der Waals surface area contributed by atoms with Crippen LogP contribution in [0.25, 0.3) is 6.08 Å². The second-order valence-corrected chi connectivity index (χ2v) is 7.31. The minimum Gasteiger partial charge on any atom is -0.355 e. The average molecular weight is 379 g/mol. The summed E-state index contributed by atoms with van der Waals surface area (Å²) in [6, 6.07) is 13.9. The Bertz CT molecular complexity index is 894. The van der Waals surface area contributed by atoms with Crippen molar-refractivity contribution in [2.75, 3.05) is 17.7 Å². The normalized spacial score (nSPS) is 11.1. The van der Waals surface area contributed by atoms with E-state index in [1.165, 1.54) is 6.08 Å². The molecular formula is C22H25N3O3. The van der Waals surface area contributed by atoms with Gasteiger partial charge >= 0.3 is 0 Å². The summed E-state index contributed by atoms with van der Waals surface area (Å²) >= 11 is 0. The summed E-state index contributed by atoms with van der Waals surface area (Å²) in [7, 11) is 1.57. The van der Waals surface area contributed by atoms with Gasteiger partial charge in [-0.3, -0.25) is 14.4 Å². The predicted octanol–water partition coefficient (Wildman–Crippen LogP) is 3.68. The molecule has 2 aromatic rings. The Morgan fingerprint density at radius 1 is 0.893 bits per heavy atom. The molecule has 2 aromatic carbocycles. The fourth-order valence-corrected chi connectivity index (χ4v) is 2.24. The lowest BCUT2D eigenvalue weighted by Gasteiger charge is -2.18. The zero-order chi connectivity index (χ0) is 20.7. The molecule has 0 heterocycles. The third-order valence-corrected chi connectivity index (χ3v) is 3.90. The molecule has 6 nitrogen and oxygen atoms in total. The van der Waals surface area contributed by atoms with Crippen molar-refractivity contribution >= 4 is 35.2 Å². The van der Waals surface area contributed by atoms with Crippen molar-refractivity contribution in [1.82, 2.24) is 5.32 Å². The first-order chi connectivity index (χ1) is 13.2. The van der Waals surface area contributed by atoms with Crippen LogP contribution >= 0.6 is 0 Å². The molecule has 2 rings (SSSR count). The highest BCUT2D eigenvalue weighted by molar-refractivity contribution is 6.02. The van der Waals surface area contributed by atoms with Crippen LogP contribution < -0.4 is 16.0 Å². The summed E-state index contributed by atoms with van der Waals surface area (Å²) in [6.45, 7) is 5.50. The van der Waals surface area contributed by atoms with Gasteiger partial charge in [-0.05, 0) is 42.0 Å². The average Bonchev–Trinajstić information content (AvgIpc) is 2.65. The molecule has 0 fully saturated rings. The van der Waals surface area contributed by atoms with Gasteiger partial charge in [0.05, 0.1) is 0 Å². The Kier molecular flexibility index (Phi) is 6.71. The van der Waals surface area contributed by atoms with Gasteiger partial charge in [-0.15, -0.1) is 0 Å². The summed E-state index contributed by atoms with van der Waals surface area (Å²) < 4.78 is 0. The molecule has 0 atom stereocenters. The fraction of sp³-hybridized carbons (Fsp3) is 0.227. The molecule has 6 heteroatoms. The molecule has 0 saturated heterocycles. The van der Waals surface area contributed by atoms with E-state index < -0.39 is 5.41 Å². The monoisotopic (exact) mass is 379 g/mol. The van der Waals surface area contributed by atoms with Crippen molar-refractivity contribution in [3.63, 3.8) is 0 Å². The first-order valence-electron chi connectivity index (χ1n) is 8.92. The Morgan fingerprint density at radius 2 is 1.50 bits per heavy atom. The molecule has 0 aliphatic rings. The summed E-state index contributed by atoms with van der Waals surface area (Å²) in [4.78, 5) is 35.8. The zero-order valence-electron chi connectivity index (χ0n) is 16.5. The number of hydrogen-bond acceptors (Lipinski definition) is 3. The molecule has 146 valence electrons. The van der Waals surface area contributed by atoms with Crippen LogP contribution in [0.2, 0.25) is 0 Å². The number of benzene rings is 2. The van der Waals surface area contributed by atoms with E-state index in [1.807, 2.05) is 20.8 Å². The van der Waals surface area contributed by atoms with Crippen LogP contribution in [0.3, 0.4) is 0 Å². The van der Waals surface area contributed by atoms with Crippen LogP contribution in [0, 0.1) is 5.41 Å². The Morgan fingerprint density at radius 3 is 2.07 bits per heavy atom. The summed E-state index contributed by atoms with van der Waals surface area (Å²) in [5, 5.41) is 8.15. The summed E-state index contributed by atoms with van der Waals surface area (Å²) in [5.74, 6) is -0.558. The van der Waals surface area contributed by atoms with E-state index >= 15 is 0 Å². The molecule has 3 amide bonds. The molecule has 0 spiro atoms. The molecule has 0 radical (unpaired) electrons. The van der Waals surface area contributed by atoms with Crippen LogP contribution in [0.15, 0.2) is 54.6 Å². The van der Waals surface area contributed by atoms with Gasteiger partial charge in [0.1, 0.15) is 0 Å². The second kappa shape index (κ2) is 8.99. The van der Waals surface area contributed by atoms with Gasteiger partial charge in [-0.25, -0.2) is 0 Å². The highest BCUT2D eigenvalue weighted by atomic mass is 16.2. The van der Waals surface area contributed by atoms with Crippen LogP contribution in [-0.2, 0) is 9.59 Å². The van der Waals surface area contributed by atoms with Crippen LogP contribution in [0.4, 0.5) is 11.4 Å². The Hall–Kier alpha value is -3.41. The lowest BCUT2D eigenvalue weighted by Crippen LogP contribution is -2.27. The Labute approximate surface area is 165 Å². The standard InChI is InChI=1S/C22H25N3O3/c1-22(2,3)21(28)25-18-7-5-6-17(14-18)24-19(26)13-10-15-8-11-16(12-9-15)20(27)23-4/h5-14H,1-4H3,(H,23,27)(H,24,26)(H,25,28). The van der Waals surface area contributed by atoms with Gasteiger partial charge in [0.25, 0.3) is 5.91 Å². The van der Waals surface area contributed by atoms with Crippen molar-refractivity contribution in [3.8, 4) is 0 Å². The maximum Gasteiger partial charge on any atom is 0.251 e. The lowest BCUT2D eigenvalue weighted by atomic mass is 9.95. The van der Waals surface area contributed by atoms with Gasteiger partial charge in [-0.1, -0.05) is 39.0 Å². The number of rotatable bonds is 5. The van der Waals surface area contributed by atoms with Gasteiger partial charge < -0.3 is 16.0 Å². The van der Waals surface area contributed by atoms with Gasteiger partial charge in [0.2, 0.25) is 11.8 Å². The van der Waals surface area contributed by atoms with E-state index in [4.69, 9.17) is 0 Å². The van der Waals surface area contributed by atoms with Crippen LogP contribution in [-0.4, -0.2) is 24.8 Å². The minimum atomic E-state index is -0.505. The third-order valence-electron chi connectivity index (χ3n) is 3.90. The number of anilines is 2. The number of carbonyl (C=O) groups excluding carboxylic acids is 3. The van der Waals surface area contributed by atoms with Gasteiger partial charge in [0.15, 0.2) is 0 Å². The second-order valence-electron chi connectivity index (χ2n) is 7.31. The smallest absolute Gasteiger partial charge is 0.251 e. The third kappa shape index (κ3) is 6.09. The first-order valence-corrected chi connectivity index (χ1v) is 8.92. The van der Waals surface area contributed by atoms with E-state index in [-0.39, 0.29) is 17.7 Å². The van der Waals surface area contributed by atoms with Crippen molar-refractivity contribution < 1.29 is 14.4 Å². The molecule has 0 bridgehead atoms. The van der Waals surface area contributed by atoms with Crippen LogP contribution in [0.5, 0.6) is 0 Å². The van der Waals surface area contributed by atoms with E-state index in [2.05, 4.69) is 16.0 Å². The highest BCUT2D eigenvalue weighted by Crippen LogP contribution is 2.20. The SMILES string of the molecule is CNC(=O)c1ccc(C=CC(=O)Nc2cccc(NC(=O)C(C)(C)C)c2)cc1. The summed E-state index contributed by atoms with van der Waals surface area (Å²) in [6.07, 6.45) is 3.07. The molecule has 0 aliphatic heterocycles. The van der Waals surface area contributed by atoms with E-state index in [1.54, 1.807) is 61.7 Å². The molecule has 0 aliphatic carbocycles. The predicted molar refractivity (Wildman–Crippen MR) is 112 cm³/mol. The topological polar surface area (TPSA) is 87.3 Å². The maximum absolute atomic E-state index is 12.2. The van der Waals surface area contributed by atoms with Crippen molar-refractivity contribution in [1.29, 1.82) is 0 Å². The number of nitrogens with one attached hydrogen (secondary N) is 3. The first kappa shape index (κ1) is 20.9. The van der Waals surface area contributed by atoms with Crippen molar-refractivity contribution in [2.24, 2.45) is 5.41 Å². The highest BCUT2D eigenvalue weighted by Gasteiger charge is 2.21.